The molecule has 0 aliphatic carbocycles. The van der Waals surface area contributed by atoms with Crippen molar-refractivity contribution in [1.29, 1.82) is 0 Å². The molecular formula is C28H18F5N3O5. The Kier molecular flexibility index (Phi) is 8.38. The third kappa shape index (κ3) is 5.75. The zero-order valence-corrected chi connectivity index (χ0v) is 20.7. The van der Waals surface area contributed by atoms with Crippen LogP contribution in [0.2, 0.25) is 0 Å². The Morgan fingerprint density at radius 3 is 1.98 bits per heavy atom. The van der Waals surface area contributed by atoms with E-state index in [1.165, 1.54) is 42.5 Å². The number of benzene rings is 4. The van der Waals surface area contributed by atoms with Gasteiger partial charge in [0.2, 0.25) is 5.82 Å². The topological polar surface area (TPSA) is 113 Å². The van der Waals surface area contributed by atoms with E-state index in [1.807, 2.05) is 0 Å². The summed E-state index contributed by atoms with van der Waals surface area (Å²) in [5.41, 5.74) is -2.57. The maximum Gasteiger partial charge on any atom is 0.275 e. The molecule has 4 rings (SSSR count). The number of hydrogen-bond donors (Lipinski definition) is 2. The van der Waals surface area contributed by atoms with E-state index in [2.05, 4.69) is 5.32 Å². The molecule has 8 nitrogen and oxygen atoms in total. The van der Waals surface area contributed by atoms with Crippen molar-refractivity contribution in [3.8, 4) is 0 Å². The van der Waals surface area contributed by atoms with Crippen LogP contribution in [0.1, 0.15) is 27.6 Å². The van der Waals surface area contributed by atoms with Crippen molar-refractivity contribution in [2.45, 2.75) is 12.6 Å². The molecule has 1 atom stereocenters. The Morgan fingerprint density at radius 1 is 0.805 bits per heavy atom. The molecule has 4 aromatic carbocycles. The summed E-state index contributed by atoms with van der Waals surface area (Å²) in [5, 5.41) is 24.5. The molecule has 2 amide bonds. The number of rotatable bonds is 8. The van der Waals surface area contributed by atoms with Gasteiger partial charge in [0, 0.05) is 6.07 Å². The number of aliphatic hydroxyl groups excluding tert-OH is 1. The minimum absolute atomic E-state index is 0.156. The standard InChI is InChI=1S/C28H18F5N3O5/c29-21-20(22(30)24(32)25(33)23(21)31)27(38)34-17-11-5-7-13-19(17)35(14-15-8-2-1-3-9-15)28(39)26(37)16-10-4-6-12-18(16)36(40)41/h1-13,26,37H,14H2,(H,34,38). The lowest BCUT2D eigenvalue weighted by Crippen LogP contribution is -2.36. The van der Waals surface area contributed by atoms with E-state index in [0.29, 0.717) is 5.56 Å². The van der Waals surface area contributed by atoms with E-state index in [1.54, 1.807) is 30.3 Å². The lowest BCUT2D eigenvalue weighted by molar-refractivity contribution is -0.386. The average molecular weight is 571 g/mol. The van der Waals surface area contributed by atoms with Crippen molar-refractivity contribution in [2.75, 3.05) is 10.2 Å². The molecule has 1 unspecified atom stereocenters. The monoisotopic (exact) mass is 571 g/mol. The number of nitrogens with one attached hydrogen (secondary N) is 1. The van der Waals surface area contributed by atoms with Crippen LogP contribution < -0.4 is 10.2 Å². The second-order valence-corrected chi connectivity index (χ2v) is 8.54. The molecule has 0 saturated carbocycles. The van der Waals surface area contributed by atoms with E-state index in [9.17, 15) is 46.8 Å². The summed E-state index contributed by atoms with van der Waals surface area (Å²) in [6.45, 7) is -0.257. The summed E-state index contributed by atoms with van der Waals surface area (Å²) < 4.78 is 69.5. The Balaban J connectivity index is 1.79. The summed E-state index contributed by atoms with van der Waals surface area (Å²) in [4.78, 5) is 38.1. The van der Waals surface area contributed by atoms with Crippen LogP contribution in [0.3, 0.4) is 0 Å². The van der Waals surface area contributed by atoms with Crippen molar-refractivity contribution < 1.29 is 41.6 Å². The summed E-state index contributed by atoms with van der Waals surface area (Å²) in [6, 6.07) is 18.4. The van der Waals surface area contributed by atoms with Gasteiger partial charge >= 0.3 is 0 Å². The van der Waals surface area contributed by atoms with Gasteiger partial charge in [-0.15, -0.1) is 0 Å². The molecule has 0 saturated heterocycles. The molecule has 4 aromatic rings. The summed E-state index contributed by atoms with van der Waals surface area (Å²) in [5.74, 6) is -14.6. The van der Waals surface area contributed by atoms with Gasteiger partial charge in [0.15, 0.2) is 29.4 Å². The fraction of sp³-hybridized carbons (Fsp3) is 0.0714. The first-order valence-electron chi connectivity index (χ1n) is 11.7. The molecule has 0 aliphatic heterocycles. The average Bonchev–Trinajstić information content (AvgIpc) is 2.98. The number of nitrogens with zero attached hydrogens (tertiary/aromatic N) is 2. The fourth-order valence-corrected chi connectivity index (χ4v) is 4.02. The highest BCUT2D eigenvalue weighted by Gasteiger charge is 2.33. The first-order chi connectivity index (χ1) is 19.5. The van der Waals surface area contributed by atoms with Crippen molar-refractivity contribution >= 4 is 28.9 Å². The maximum atomic E-state index is 14.3. The molecule has 2 N–H and O–H groups in total. The Morgan fingerprint density at radius 2 is 1.34 bits per heavy atom. The Labute approximate surface area is 228 Å². The normalized spacial score (nSPS) is 11.6. The molecule has 0 aromatic heterocycles. The Bertz CT molecular complexity index is 1620. The number of nitro groups is 1. The third-order valence-electron chi connectivity index (χ3n) is 5.99. The van der Waals surface area contributed by atoms with Gasteiger partial charge in [0.25, 0.3) is 17.5 Å². The number of amides is 2. The first-order valence-corrected chi connectivity index (χ1v) is 11.7. The largest absolute Gasteiger partial charge is 0.378 e. The van der Waals surface area contributed by atoms with Crippen LogP contribution in [0, 0.1) is 39.2 Å². The van der Waals surface area contributed by atoms with Gasteiger partial charge in [-0.2, -0.15) is 0 Å². The molecule has 0 radical (unpaired) electrons. The molecule has 0 fully saturated rings. The van der Waals surface area contributed by atoms with E-state index in [0.717, 1.165) is 11.0 Å². The van der Waals surface area contributed by atoms with Gasteiger partial charge in [0.05, 0.1) is 28.4 Å². The van der Waals surface area contributed by atoms with Crippen LogP contribution in [0.25, 0.3) is 0 Å². The highest BCUT2D eigenvalue weighted by Crippen LogP contribution is 2.33. The summed E-state index contributed by atoms with van der Waals surface area (Å²) in [7, 11) is 0. The number of carbonyl (C=O) groups excluding carboxylic acids is 2. The molecule has 0 bridgehead atoms. The maximum absolute atomic E-state index is 14.3. The number of aliphatic hydroxyl groups is 1. The van der Waals surface area contributed by atoms with Gasteiger partial charge < -0.3 is 15.3 Å². The van der Waals surface area contributed by atoms with E-state index >= 15 is 0 Å². The van der Waals surface area contributed by atoms with E-state index in [-0.39, 0.29) is 23.5 Å². The predicted molar refractivity (Wildman–Crippen MR) is 136 cm³/mol. The van der Waals surface area contributed by atoms with Gasteiger partial charge in [-0.05, 0) is 23.8 Å². The summed E-state index contributed by atoms with van der Waals surface area (Å²) in [6.07, 6.45) is -2.07. The SMILES string of the molecule is O=C(Nc1ccccc1N(Cc1ccccc1)C(=O)C(O)c1ccccc1[N+](=O)[O-])c1c(F)c(F)c(F)c(F)c1F. The zero-order valence-electron chi connectivity index (χ0n) is 20.7. The quantitative estimate of drug-likeness (QED) is 0.0912. The fourth-order valence-electron chi connectivity index (χ4n) is 4.02. The third-order valence-corrected chi connectivity index (χ3v) is 5.99. The molecule has 0 heterocycles. The summed E-state index contributed by atoms with van der Waals surface area (Å²) >= 11 is 0. The number of anilines is 2. The molecule has 41 heavy (non-hydrogen) atoms. The predicted octanol–water partition coefficient (Wildman–Crippen LogP) is 5.81. The molecule has 210 valence electrons. The van der Waals surface area contributed by atoms with Crippen molar-refractivity contribution in [1.82, 2.24) is 0 Å². The molecular weight excluding hydrogens is 553 g/mol. The van der Waals surface area contributed by atoms with Crippen LogP contribution in [0.4, 0.5) is 39.0 Å². The number of hydrogen-bond acceptors (Lipinski definition) is 5. The zero-order chi connectivity index (χ0) is 29.8. The van der Waals surface area contributed by atoms with E-state index in [4.69, 9.17) is 0 Å². The number of nitro benzene ring substituents is 1. The minimum atomic E-state index is -2.44. The minimum Gasteiger partial charge on any atom is -0.378 e. The van der Waals surface area contributed by atoms with E-state index < -0.39 is 63.2 Å². The lowest BCUT2D eigenvalue weighted by atomic mass is 10.0. The highest BCUT2D eigenvalue weighted by atomic mass is 19.2. The first kappa shape index (κ1) is 28.8. The van der Waals surface area contributed by atoms with Crippen LogP contribution in [-0.2, 0) is 11.3 Å². The smallest absolute Gasteiger partial charge is 0.275 e. The van der Waals surface area contributed by atoms with Gasteiger partial charge in [-0.3, -0.25) is 19.7 Å². The van der Waals surface area contributed by atoms with Crippen LogP contribution >= 0.6 is 0 Å². The molecule has 0 spiro atoms. The van der Waals surface area contributed by atoms with Crippen molar-refractivity contribution in [2.24, 2.45) is 0 Å². The van der Waals surface area contributed by atoms with Gasteiger partial charge in [-0.25, -0.2) is 22.0 Å². The Hall–Kier alpha value is -5.17. The van der Waals surface area contributed by atoms with Crippen molar-refractivity contribution in [3.63, 3.8) is 0 Å². The van der Waals surface area contributed by atoms with Gasteiger partial charge in [0.1, 0.15) is 5.56 Å². The lowest BCUT2D eigenvalue weighted by Gasteiger charge is -2.27. The van der Waals surface area contributed by atoms with Crippen LogP contribution in [0.5, 0.6) is 0 Å². The second kappa shape index (κ2) is 11.9. The second-order valence-electron chi connectivity index (χ2n) is 8.54. The van der Waals surface area contributed by atoms with Crippen molar-refractivity contribution in [3.05, 3.63) is 135 Å². The number of carbonyl (C=O) groups is 2. The molecule has 0 aliphatic rings. The number of para-hydroxylation sites is 3. The molecule has 13 heteroatoms. The van der Waals surface area contributed by atoms with Crippen LogP contribution in [0.15, 0.2) is 78.9 Å². The van der Waals surface area contributed by atoms with Crippen LogP contribution in [-0.4, -0.2) is 21.8 Å². The van der Waals surface area contributed by atoms with Gasteiger partial charge in [-0.1, -0.05) is 54.6 Å². The highest BCUT2D eigenvalue weighted by molar-refractivity contribution is 6.08. The number of halogens is 5.